The molecular weight excluding hydrogens is 316 g/mol. The number of ether oxygens (including phenoxy) is 1. The molecule has 0 bridgehead atoms. The zero-order valence-electron chi connectivity index (χ0n) is 15.1. The Morgan fingerprint density at radius 2 is 1.84 bits per heavy atom. The Kier molecular flexibility index (Phi) is 6.17. The van der Waals surface area contributed by atoms with E-state index in [-0.39, 0.29) is 18.4 Å². The van der Waals surface area contributed by atoms with E-state index >= 15 is 0 Å². The quantitative estimate of drug-likeness (QED) is 0.846. The molecule has 0 saturated heterocycles. The highest BCUT2D eigenvalue weighted by Crippen LogP contribution is 2.27. The van der Waals surface area contributed by atoms with Crippen LogP contribution in [0.1, 0.15) is 41.3 Å². The second kappa shape index (κ2) is 8.33. The third-order valence-corrected chi connectivity index (χ3v) is 3.82. The van der Waals surface area contributed by atoms with E-state index in [2.05, 4.69) is 24.5 Å². The molecule has 5 heteroatoms. The van der Waals surface area contributed by atoms with Crippen molar-refractivity contribution in [1.82, 2.24) is 5.32 Å². The number of hydrogen-bond donors (Lipinski definition) is 2. The maximum atomic E-state index is 12.2. The minimum atomic E-state index is -0.312. The lowest BCUT2D eigenvalue weighted by molar-refractivity contribution is -0.118. The number of carbonyl (C=O) groups excluding carboxylic acids is 2. The third kappa shape index (κ3) is 4.83. The zero-order valence-corrected chi connectivity index (χ0v) is 15.1. The van der Waals surface area contributed by atoms with E-state index in [0.717, 1.165) is 11.1 Å². The standard InChI is InChI=1S/C20H24N2O3/c1-13(2)15-10-9-14(3)11-18(15)25-12-19(23)22-17-8-6-5-7-16(17)20(24)21-4/h5-11,13H,12H2,1-4H3,(H,21,24)(H,22,23). The van der Waals surface area contributed by atoms with Gasteiger partial charge < -0.3 is 15.4 Å². The molecule has 0 aromatic heterocycles. The molecule has 2 rings (SSSR count). The van der Waals surface area contributed by atoms with Crippen molar-refractivity contribution >= 4 is 17.5 Å². The van der Waals surface area contributed by atoms with Crippen LogP contribution in [0.3, 0.4) is 0 Å². The Balaban J connectivity index is 2.08. The molecule has 0 heterocycles. The minimum Gasteiger partial charge on any atom is -0.483 e. The maximum absolute atomic E-state index is 12.2. The molecule has 0 saturated carbocycles. The van der Waals surface area contributed by atoms with Crippen LogP contribution < -0.4 is 15.4 Å². The number of aryl methyl sites for hydroxylation is 1. The second-order valence-corrected chi connectivity index (χ2v) is 6.16. The summed E-state index contributed by atoms with van der Waals surface area (Å²) in [6, 6.07) is 12.8. The average Bonchev–Trinajstić information content (AvgIpc) is 2.59. The van der Waals surface area contributed by atoms with E-state index < -0.39 is 0 Å². The summed E-state index contributed by atoms with van der Waals surface area (Å²) in [4.78, 5) is 24.1. The van der Waals surface area contributed by atoms with Crippen LogP contribution in [0.2, 0.25) is 0 Å². The van der Waals surface area contributed by atoms with Crippen molar-refractivity contribution in [3.8, 4) is 5.75 Å². The minimum absolute atomic E-state index is 0.120. The van der Waals surface area contributed by atoms with Gasteiger partial charge in [0.05, 0.1) is 11.3 Å². The summed E-state index contributed by atoms with van der Waals surface area (Å²) in [5.74, 6) is 0.447. The molecule has 132 valence electrons. The van der Waals surface area contributed by atoms with Crippen molar-refractivity contribution in [3.05, 3.63) is 59.2 Å². The van der Waals surface area contributed by atoms with Crippen molar-refractivity contribution in [2.45, 2.75) is 26.7 Å². The van der Waals surface area contributed by atoms with Crippen LogP contribution in [-0.2, 0) is 4.79 Å². The summed E-state index contributed by atoms with van der Waals surface area (Å²) < 4.78 is 5.73. The molecule has 5 nitrogen and oxygen atoms in total. The fraction of sp³-hybridized carbons (Fsp3) is 0.300. The van der Waals surface area contributed by atoms with Crippen LogP contribution >= 0.6 is 0 Å². The molecule has 25 heavy (non-hydrogen) atoms. The summed E-state index contributed by atoms with van der Waals surface area (Å²) in [7, 11) is 1.55. The zero-order chi connectivity index (χ0) is 18.4. The van der Waals surface area contributed by atoms with Gasteiger partial charge in [0.2, 0.25) is 0 Å². The van der Waals surface area contributed by atoms with Crippen LogP contribution in [-0.4, -0.2) is 25.5 Å². The van der Waals surface area contributed by atoms with Crippen LogP contribution in [0.25, 0.3) is 0 Å². The first-order valence-corrected chi connectivity index (χ1v) is 8.26. The normalized spacial score (nSPS) is 10.4. The molecule has 0 spiro atoms. The summed E-state index contributed by atoms with van der Waals surface area (Å²) in [5.41, 5.74) is 3.01. The fourth-order valence-corrected chi connectivity index (χ4v) is 2.50. The van der Waals surface area contributed by atoms with Crippen molar-refractivity contribution in [1.29, 1.82) is 0 Å². The first-order valence-electron chi connectivity index (χ1n) is 8.26. The number of carbonyl (C=O) groups is 2. The molecule has 0 atom stereocenters. The van der Waals surface area contributed by atoms with E-state index in [1.807, 2.05) is 25.1 Å². The topological polar surface area (TPSA) is 67.4 Å². The molecule has 0 aliphatic heterocycles. The molecule has 0 aliphatic rings. The lowest BCUT2D eigenvalue weighted by Gasteiger charge is -2.15. The molecule has 0 aliphatic carbocycles. The number of amides is 2. The Bertz CT molecular complexity index is 769. The van der Waals surface area contributed by atoms with Gasteiger partial charge in [-0.05, 0) is 42.2 Å². The van der Waals surface area contributed by atoms with Gasteiger partial charge in [0.1, 0.15) is 5.75 Å². The Labute approximate surface area is 148 Å². The second-order valence-electron chi connectivity index (χ2n) is 6.16. The number of rotatable bonds is 6. The monoisotopic (exact) mass is 340 g/mol. The van der Waals surface area contributed by atoms with Crippen molar-refractivity contribution in [2.75, 3.05) is 19.0 Å². The average molecular weight is 340 g/mol. The first kappa shape index (κ1) is 18.5. The van der Waals surface area contributed by atoms with Crippen LogP contribution in [0.15, 0.2) is 42.5 Å². The molecule has 0 unspecified atom stereocenters. The highest BCUT2D eigenvalue weighted by Gasteiger charge is 2.13. The highest BCUT2D eigenvalue weighted by molar-refractivity contribution is 6.03. The fourth-order valence-electron chi connectivity index (χ4n) is 2.50. The Hall–Kier alpha value is -2.82. The smallest absolute Gasteiger partial charge is 0.262 e. The predicted molar refractivity (Wildman–Crippen MR) is 99.2 cm³/mol. The van der Waals surface area contributed by atoms with Crippen molar-refractivity contribution < 1.29 is 14.3 Å². The number of benzene rings is 2. The van der Waals surface area contributed by atoms with E-state index in [4.69, 9.17) is 4.74 Å². The largest absolute Gasteiger partial charge is 0.483 e. The Morgan fingerprint density at radius 3 is 2.52 bits per heavy atom. The van der Waals surface area contributed by atoms with Gasteiger partial charge in [0, 0.05) is 7.05 Å². The highest BCUT2D eigenvalue weighted by atomic mass is 16.5. The lowest BCUT2D eigenvalue weighted by atomic mass is 10.0. The molecule has 2 N–H and O–H groups in total. The third-order valence-electron chi connectivity index (χ3n) is 3.82. The van der Waals surface area contributed by atoms with Crippen LogP contribution in [0, 0.1) is 6.92 Å². The van der Waals surface area contributed by atoms with E-state index in [0.29, 0.717) is 22.9 Å². The van der Waals surface area contributed by atoms with Crippen LogP contribution in [0.4, 0.5) is 5.69 Å². The van der Waals surface area contributed by atoms with Crippen molar-refractivity contribution in [3.63, 3.8) is 0 Å². The van der Waals surface area contributed by atoms with Crippen molar-refractivity contribution in [2.24, 2.45) is 0 Å². The van der Waals surface area contributed by atoms with Crippen LogP contribution in [0.5, 0.6) is 5.75 Å². The number of hydrogen-bond acceptors (Lipinski definition) is 3. The first-order chi connectivity index (χ1) is 11.9. The van der Waals surface area contributed by atoms with Gasteiger partial charge in [-0.15, -0.1) is 0 Å². The molecule has 2 aromatic rings. The lowest BCUT2D eigenvalue weighted by Crippen LogP contribution is -2.24. The van der Waals surface area contributed by atoms with Gasteiger partial charge in [-0.25, -0.2) is 0 Å². The number of para-hydroxylation sites is 1. The summed E-state index contributed by atoms with van der Waals surface area (Å²) in [6.07, 6.45) is 0. The predicted octanol–water partition coefficient (Wildman–Crippen LogP) is 3.50. The molecule has 2 amide bonds. The van der Waals surface area contributed by atoms with Gasteiger partial charge >= 0.3 is 0 Å². The molecular formula is C20H24N2O3. The SMILES string of the molecule is CNC(=O)c1ccccc1NC(=O)COc1cc(C)ccc1C(C)C. The maximum Gasteiger partial charge on any atom is 0.262 e. The van der Waals surface area contributed by atoms with Gasteiger partial charge in [0.15, 0.2) is 6.61 Å². The van der Waals surface area contributed by atoms with Gasteiger partial charge in [-0.2, -0.15) is 0 Å². The van der Waals surface area contributed by atoms with E-state index in [1.54, 1.807) is 31.3 Å². The molecule has 0 radical (unpaired) electrons. The summed E-state index contributed by atoms with van der Waals surface area (Å²) in [5, 5.41) is 5.29. The summed E-state index contributed by atoms with van der Waals surface area (Å²) >= 11 is 0. The van der Waals surface area contributed by atoms with Gasteiger partial charge in [-0.3, -0.25) is 9.59 Å². The van der Waals surface area contributed by atoms with E-state index in [9.17, 15) is 9.59 Å². The number of nitrogens with one attached hydrogen (secondary N) is 2. The van der Waals surface area contributed by atoms with E-state index in [1.165, 1.54) is 0 Å². The molecule has 2 aromatic carbocycles. The Morgan fingerprint density at radius 1 is 1.12 bits per heavy atom. The summed E-state index contributed by atoms with van der Waals surface area (Å²) in [6.45, 7) is 6.02. The van der Waals surface area contributed by atoms with Gasteiger partial charge in [-0.1, -0.05) is 38.1 Å². The number of anilines is 1. The van der Waals surface area contributed by atoms with Gasteiger partial charge in [0.25, 0.3) is 11.8 Å². The molecule has 0 fully saturated rings.